The average Bonchev–Trinajstić information content (AvgIpc) is 2.04. The van der Waals surface area contributed by atoms with Crippen molar-refractivity contribution in [2.75, 3.05) is 0 Å². The van der Waals surface area contributed by atoms with Crippen LogP contribution in [0.4, 0.5) is 13.2 Å². The van der Waals surface area contributed by atoms with E-state index >= 15 is 0 Å². The van der Waals surface area contributed by atoms with Crippen LogP contribution in [0, 0.1) is 24.4 Å². The summed E-state index contributed by atoms with van der Waals surface area (Å²) in [6.45, 7) is 5.31. The van der Waals surface area contributed by atoms with Gasteiger partial charge in [-0.1, -0.05) is 13.8 Å². The Labute approximate surface area is 70.0 Å². The molecule has 1 aromatic carbocycles. The van der Waals surface area contributed by atoms with Crippen LogP contribution in [0.5, 0.6) is 0 Å². The van der Waals surface area contributed by atoms with E-state index in [0.717, 1.165) is 6.07 Å². The number of rotatable bonds is 0. The zero-order valence-corrected chi connectivity index (χ0v) is 7.29. The number of hydrogen-bond acceptors (Lipinski definition) is 0. The van der Waals surface area contributed by atoms with E-state index in [9.17, 15) is 13.2 Å². The number of hydrogen-bond donors (Lipinski definition) is 0. The molecule has 0 nitrogen and oxygen atoms in total. The van der Waals surface area contributed by atoms with Gasteiger partial charge in [-0.25, -0.2) is 13.2 Å². The normalized spacial score (nSPS) is 8.83. The predicted octanol–water partition coefficient (Wildman–Crippen LogP) is 3.44. The predicted molar refractivity (Wildman–Crippen MR) is 42.4 cm³/mol. The Morgan fingerprint density at radius 2 is 1.50 bits per heavy atom. The lowest BCUT2D eigenvalue weighted by Crippen LogP contribution is -1.89. The second-order valence-electron chi connectivity index (χ2n) is 2.02. The average molecular weight is 176 g/mol. The van der Waals surface area contributed by atoms with Crippen LogP contribution < -0.4 is 0 Å². The standard InChI is InChI=1S/C7H5F3.C2H6/c1-4-2-5(8)3-6(9)7(4)10;1-2/h2-3H,1H3;1-2H3. The van der Waals surface area contributed by atoms with Crippen LogP contribution in [0.1, 0.15) is 19.4 Å². The van der Waals surface area contributed by atoms with Crippen molar-refractivity contribution in [2.45, 2.75) is 20.8 Å². The Morgan fingerprint density at radius 1 is 1.00 bits per heavy atom. The fourth-order valence-electron chi connectivity index (χ4n) is 0.685. The van der Waals surface area contributed by atoms with Crippen LogP contribution >= 0.6 is 0 Å². The lowest BCUT2D eigenvalue weighted by atomic mass is 10.2. The summed E-state index contributed by atoms with van der Waals surface area (Å²) in [6, 6.07) is 1.46. The van der Waals surface area contributed by atoms with E-state index in [1.807, 2.05) is 13.8 Å². The fourth-order valence-corrected chi connectivity index (χ4v) is 0.685. The van der Waals surface area contributed by atoms with Crippen LogP contribution in [0.25, 0.3) is 0 Å². The number of halogens is 3. The van der Waals surface area contributed by atoms with Gasteiger partial charge in [-0.3, -0.25) is 0 Å². The zero-order chi connectivity index (χ0) is 9.72. The minimum absolute atomic E-state index is 0.0162. The molecular formula is C9H11F3. The largest absolute Gasteiger partial charge is 0.207 e. The van der Waals surface area contributed by atoms with E-state index in [4.69, 9.17) is 0 Å². The summed E-state index contributed by atoms with van der Waals surface area (Å²) in [5, 5.41) is 0. The van der Waals surface area contributed by atoms with Gasteiger partial charge in [0.15, 0.2) is 11.6 Å². The summed E-state index contributed by atoms with van der Waals surface area (Å²) < 4.78 is 36.8. The van der Waals surface area contributed by atoms with Crippen molar-refractivity contribution in [2.24, 2.45) is 0 Å². The molecule has 1 aromatic rings. The van der Waals surface area contributed by atoms with Crippen LogP contribution in [0.15, 0.2) is 12.1 Å². The van der Waals surface area contributed by atoms with Gasteiger partial charge in [0.2, 0.25) is 0 Å². The molecule has 3 heteroatoms. The highest BCUT2D eigenvalue weighted by atomic mass is 19.2. The SMILES string of the molecule is CC.Cc1cc(F)cc(F)c1F. The van der Waals surface area contributed by atoms with Gasteiger partial charge in [0.25, 0.3) is 0 Å². The summed E-state index contributed by atoms with van der Waals surface area (Å²) in [4.78, 5) is 0. The molecule has 0 heterocycles. The molecule has 0 fully saturated rings. The molecule has 0 radical (unpaired) electrons. The smallest absolute Gasteiger partial charge is 0.162 e. The van der Waals surface area contributed by atoms with E-state index in [2.05, 4.69) is 0 Å². The summed E-state index contributed by atoms with van der Waals surface area (Å²) in [6.07, 6.45) is 0. The topological polar surface area (TPSA) is 0 Å². The number of benzene rings is 1. The van der Waals surface area contributed by atoms with Crippen molar-refractivity contribution in [3.63, 3.8) is 0 Å². The first-order valence-corrected chi connectivity index (χ1v) is 3.72. The number of aryl methyl sites for hydroxylation is 1. The molecule has 0 aromatic heterocycles. The van der Waals surface area contributed by atoms with Gasteiger partial charge in [0.1, 0.15) is 5.82 Å². The maximum atomic E-state index is 12.4. The van der Waals surface area contributed by atoms with Gasteiger partial charge >= 0.3 is 0 Å². The summed E-state index contributed by atoms with van der Waals surface area (Å²) in [5.74, 6) is -2.88. The molecule has 0 saturated heterocycles. The summed E-state index contributed by atoms with van der Waals surface area (Å²) >= 11 is 0. The van der Waals surface area contributed by atoms with Gasteiger partial charge in [0, 0.05) is 6.07 Å². The molecule has 68 valence electrons. The molecule has 12 heavy (non-hydrogen) atoms. The van der Waals surface area contributed by atoms with Gasteiger partial charge < -0.3 is 0 Å². The highest BCUT2D eigenvalue weighted by Gasteiger charge is 2.05. The highest BCUT2D eigenvalue weighted by Crippen LogP contribution is 2.12. The molecule has 0 aliphatic rings. The quantitative estimate of drug-likeness (QED) is 0.531. The van der Waals surface area contributed by atoms with E-state index in [-0.39, 0.29) is 5.56 Å². The van der Waals surface area contributed by atoms with Crippen LogP contribution in [0.2, 0.25) is 0 Å². The Balaban J connectivity index is 0.000000561. The van der Waals surface area contributed by atoms with E-state index in [1.54, 1.807) is 0 Å². The first-order valence-electron chi connectivity index (χ1n) is 3.72. The molecule has 0 amide bonds. The summed E-state index contributed by atoms with van der Waals surface area (Å²) in [7, 11) is 0. The molecule has 0 bridgehead atoms. The van der Waals surface area contributed by atoms with Gasteiger partial charge in [-0.2, -0.15) is 0 Å². The van der Waals surface area contributed by atoms with Crippen molar-refractivity contribution in [1.82, 2.24) is 0 Å². The van der Waals surface area contributed by atoms with Gasteiger partial charge in [-0.05, 0) is 18.6 Å². The molecule has 0 N–H and O–H groups in total. The van der Waals surface area contributed by atoms with Crippen LogP contribution in [-0.4, -0.2) is 0 Å². The molecule has 0 aliphatic carbocycles. The molecule has 0 saturated carbocycles. The monoisotopic (exact) mass is 176 g/mol. The Kier molecular flexibility index (Phi) is 4.40. The molecule has 0 spiro atoms. The third-order valence-corrected chi connectivity index (χ3v) is 1.17. The van der Waals surface area contributed by atoms with E-state index in [1.165, 1.54) is 6.92 Å². The van der Waals surface area contributed by atoms with Crippen LogP contribution in [0.3, 0.4) is 0 Å². The Morgan fingerprint density at radius 3 is 1.92 bits per heavy atom. The van der Waals surface area contributed by atoms with Crippen molar-refractivity contribution in [3.8, 4) is 0 Å². The lowest BCUT2D eigenvalue weighted by molar-refractivity contribution is 0.489. The maximum Gasteiger partial charge on any atom is 0.162 e. The second kappa shape index (κ2) is 4.80. The minimum atomic E-state index is -1.14. The fraction of sp³-hybridized carbons (Fsp3) is 0.333. The second-order valence-corrected chi connectivity index (χ2v) is 2.02. The molecule has 0 aliphatic heterocycles. The summed E-state index contributed by atoms with van der Waals surface area (Å²) in [5.41, 5.74) is -0.0162. The molecule has 0 unspecified atom stereocenters. The van der Waals surface area contributed by atoms with Crippen molar-refractivity contribution < 1.29 is 13.2 Å². The highest BCUT2D eigenvalue weighted by molar-refractivity contribution is 5.18. The maximum absolute atomic E-state index is 12.4. The lowest BCUT2D eigenvalue weighted by Gasteiger charge is -1.96. The third-order valence-electron chi connectivity index (χ3n) is 1.17. The van der Waals surface area contributed by atoms with Crippen molar-refractivity contribution >= 4 is 0 Å². The van der Waals surface area contributed by atoms with Gasteiger partial charge in [0.05, 0.1) is 0 Å². The first kappa shape index (κ1) is 11.0. The minimum Gasteiger partial charge on any atom is -0.207 e. The van der Waals surface area contributed by atoms with E-state index in [0.29, 0.717) is 6.07 Å². The van der Waals surface area contributed by atoms with Crippen molar-refractivity contribution in [1.29, 1.82) is 0 Å². The first-order chi connectivity index (χ1) is 5.61. The Hall–Kier alpha value is -0.990. The van der Waals surface area contributed by atoms with E-state index < -0.39 is 17.5 Å². The van der Waals surface area contributed by atoms with Gasteiger partial charge in [-0.15, -0.1) is 0 Å². The van der Waals surface area contributed by atoms with Crippen LogP contribution in [-0.2, 0) is 0 Å². The molecule has 0 atom stereocenters. The Bertz CT molecular complexity index is 233. The third kappa shape index (κ3) is 2.57. The van der Waals surface area contributed by atoms with Crippen molar-refractivity contribution in [3.05, 3.63) is 35.1 Å². The molecule has 1 rings (SSSR count). The molecular weight excluding hydrogens is 165 g/mol. The zero-order valence-electron chi connectivity index (χ0n) is 7.29.